The van der Waals surface area contributed by atoms with Crippen molar-refractivity contribution in [2.45, 2.75) is 39.2 Å². The van der Waals surface area contributed by atoms with Gasteiger partial charge in [0.25, 0.3) is 0 Å². The molecule has 0 atom stereocenters. The topological polar surface area (TPSA) is 114 Å². The van der Waals surface area contributed by atoms with Crippen molar-refractivity contribution >= 4 is 17.7 Å². The van der Waals surface area contributed by atoms with Crippen molar-refractivity contribution in [2.24, 2.45) is 0 Å². The minimum absolute atomic E-state index is 0.215. The molecule has 0 unspecified atom stereocenters. The number of aliphatic carboxylic acids is 1. The predicted octanol–water partition coefficient (Wildman–Crippen LogP) is 1.88. The third kappa shape index (κ3) is 3.54. The Morgan fingerprint density at radius 1 is 1.15 bits per heavy atom. The lowest BCUT2D eigenvalue weighted by Gasteiger charge is -2.39. The number of carboxylic acid groups (broad SMARTS) is 1. The second-order valence-electron chi connectivity index (χ2n) is 6.65. The number of carbonyl (C=O) groups is 1. The molecule has 2 aromatic rings. The van der Waals surface area contributed by atoms with Crippen LogP contribution in [0.4, 0.5) is 11.8 Å². The van der Waals surface area contributed by atoms with Crippen LogP contribution in [0.2, 0.25) is 0 Å². The Hall–Kier alpha value is -2.90. The quantitative estimate of drug-likeness (QED) is 0.852. The largest absolute Gasteiger partial charge is 0.478 e. The second kappa shape index (κ2) is 6.78. The lowest BCUT2D eigenvalue weighted by Crippen LogP contribution is -2.53. The molecule has 138 valence electrons. The third-order valence-electron chi connectivity index (χ3n) is 4.62. The van der Waals surface area contributed by atoms with Gasteiger partial charge in [0.15, 0.2) is 0 Å². The number of pyridine rings is 1. The minimum Gasteiger partial charge on any atom is -0.478 e. The van der Waals surface area contributed by atoms with Crippen LogP contribution in [0.3, 0.4) is 0 Å². The zero-order valence-corrected chi connectivity index (χ0v) is 15.2. The van der Waals surface area contributed by atoms with Gasteiger partial charge in [-0.15, -0.1) is 0 Å². The summed E-state index contributed by atoms with van der Waals surface area (Å²) in [5.41, 5.74) is 6.78. The lowest BCUT2D eigenvalue weighted by atomic mass is 9.91. The molecule has 0 amide bonds. The summed E-state index contributed by atoms with van der Waals surface area (Å²) >= 11 is 0. The van der Waals surface area contributed by atoms with Gasteiger partial charge in [-0.05, 0) is 32.9 Å². The summed E-state index contributed by atoms with van der Waals surface area (Å²) in [4.78, 5) is 26.7. The van der Waals surface area contributed by atoms with Crippen molar-refractivity contribution in [1.29, 1.82) is 0 Å². The fourth-order valence-corrected chi connectivity index (χ4v) is 3.19. The number of hydrogen-bond acceptors (Lipinski definition) is 7. The van der Waals surface area contributed by atoms with E-state index in [9.17, 15) is 9.90 Å². The molecule has 0 saturated carbocycles. The number of piperidine rings is 1. The van der Waals surface area contributed by atoms with Crippen molar-refractivity contribution in [3.63, 3.8) is 0 Å². The summed E-state index contributed by atoms with van der Waals surface area (Å²) < 4.78 is 5.98. The van der Waals surface area contributed by atoms with E-state index in [1.165, 1.54) is 0 Å². The van der Waals surface area contributed by atoms with Crippen LogP contribution >= 0.6 is 0 Å². The van der Waals surface area contributed by atoms with E-state index in [0.29, 0.717) is 43.2 Å². The third-order valence-corrected chi connectivity index (χ3v) is 4.62. The number of aryl methyl sites for hydroxylation is 3. The number of anilines is 2. The molecule has 0 spiro atoms. The number of nitrogen functional groups attached to an aromatic ring is 1. The van der Waals surface area contributed by atoms with Gasteiger partial charge in [-0.3, -0.25) is 4.98 Å². The molecule has 8 heteroatoms. The molecule has 0 radical (unpaired) electrons. The summed E-state index contributed by atoms with van der Waals surface area (Å²) in [5.74, 6) is 0.471. The zero-order chi connectivity index (χ0) is 18.9. The summed E-state index contributed by atoms with van der Waals surface area (Å²) in [6, 6.07) is 5.45. The second-order valence-corrected chi connectivity index (χ2v) is 6.65. The number of carboxylic acids is 1. The molecule has 8 nitrogen and oxygen atoms in total. The molecular formula is C18H23N5O3. The Labute approximate surface area is 152 Å². The molecule has 1 saturated heterocycles. The highest BCUT2D eigenvalue weighted by Crippen LogP contribution is 2.32. The van der Waals surface area contributed by atoms with Gasteiger partial charge in [-0.25, -0.2) is 9.78 Å². The highest BCUT2D eigenvalue weighted by atomic mass is 16.5. The number of rotatable bonds is 4. The van der Waals surface area contributed by atoms with E-state index < -0.39 is 11.6 Å². The Morgan fingerprint density at radius 3 is 2.42 bits per heavy atom. The van der Waals surface area contributed by atoms with E-state index in [2.05, 4.69) is 15.0 Å². The average Bonchev–Trinajstić information content (AvgIpc) is 2.57. The molecule has 1 fully saturated rings. The summed E-state index contributed by atoms with van der Waals surface area (Å²) in [6.07, 6.45) is 0.664. The van der Waals surface area contributed by atoms with Gasteiger partial charge >= 0.3 is 5.97 Å². The molecule has 3 N–H and O–H groups in total. The van der Waals surface area contributed by atoms with Gasteiger partial charge in [0.05, 0.1) is 5.69 Å². The minimum atomic E-state index is -1.27. The molecule has 3 rings (SSSR count). The standard InChI is InChI=1S/C18H23N5O3/c1-11-4-5-14(13(3)20-11)26-18(16(24)25)6-8-23(9-7-18)15-10-12(2)21-17(19)22-15/h4-5,10H,6-9H2,1-3H3,(H,24,25)(H2,19,21,22). The van der Waals surface area contributed by atoms with E-state index in [1.54, 1.807) is 6.07 Å². The van der Waals surface area contributed by atoms with E-state index in [4.69, 9.17) is 10.5 Å². The van der Waals surface area contributed by atoms with Crippen molar-refractivity contribution in [1.82, 2.24) is 15.0 Å². The van der Waals surface area contributed by atoms with Crippen LogP contribution in [0.5, 0.6) is 5.75 Å². The van der Waals surface area contributed by atoms with Crippen LogP contribution in [0, 0.1) is 20.8 Å². The van der Waals surface area contributed by atoms with Gasteiger partial charge in [-0.2, -0.15) is 4.98 Å². The summed E-state index contributed by atoms with van der Waals surface area (Å²) in [7, 11) is 0. The van der Waals surface area contributed by atoms with Crippen LogP contribution in [0.25, 0.3) is 0 Å². The van der Waals surface area contributed by atoms with E-state index in [-0.39, 0.29) is 5.95 Å². The fourth-order valence-electron chi connectivity index (χ4n) is 3.19. The lowest BCUT2D eigenvalue weighted by molar-refractivity contribution is -0.157. The maximum atomic E-state index is 12.0. The first kappa shape index (κ1) is 17.9. The number of ether oxygens (including phenoxy) is 1. The van der Waals surface area contributed by atoms with Crippen molar-refractivity contribution < 1.29 is 14.6 Å². The smallest absolute Gasteiger partial charge is 0.348 e. The van der Waals surface area contributed by atoms with Crippen LogP contribution in [0.1, 0.15) is 29.9 Å². The van der Waals surface area contributed by atoms with Gasteiger partial charge in [0.2, 0.25) is 11.5 Å². The van der Waals surface area contributed by atoms with Gasteiger partial charge in [0, 0.05) is 43.4 Å². The molecule has 1 aliphatic heterocycles. The predicted molar refractivity (Wildman–Crippen MR) is 97.3 cm³/mol. The van der Waals surface area contributed by atoms with Crippen LogP contribution in [-0.4, -0.2) is 44.7 Å². The monoisotopic (exact) mass is 357 g/mol. The SMILES string of the molecule is Cc1cc(N2CCC(Oc3ccc(C)nc3C)(C(=O)O)CC2)nc(N)n1. The van der Waals surface area contributed by atoms with Crippen molar-refractivity contribution in [3.8, 4) is 5.75 Å². The Bertz CT molecular complexity index is 811. The fraction of sp³-hybridized carbons (Fsp3) is 0.444. The Morgan fingerprint density at radius 2 is 1.85 bits per heavy atom. The molecule has 0 bridgehead atoms. The Balaban J connectivity index is 1.79. The molecule has 1 aliphatic rings. The van der Waals surface area contributed by atoms with Crippen LogP contribution in [-0.2, 0) is 4.79 Å². The number of nitrogens with zero attached hydrogens (tertiary/aromatic N) is 4. The highest BCUT2D eigenvalue weighted by molar-refractivity contribution is 5.78. The summed E-state index contributed by atoms with van der Waals surface area (Å²) in [6.45, 7) is 6.56. The van der Waals surface area contributed by atoms with Crippen LogP contribution < -0.4 is 15.4 Å². The number of hydrogen-bond donors (Lipinski definition) is 2. The first-order chi connectivity index (χ1) is 12.3. The van der Waals surface area contributed by atoms with Crippen molar-refractivity contribution in [2.75, 3.05) is 23.7 Å². The molecule has 0 aromatic carbocycles. The maximum Gasteiger partial charge on any atom is 0.348 e. The first-order valence-electron chi connectivity index (χ1n) is 8.52. The van der Waals surface area contributed by atoms with E-state index in [1.807, 2.05) is 37.8 Å². The molecule has 3 heterocycles. The summed E-state index contributed by atoms with van der Waals surface area (Å²) in [5, 5.41) is 9.83. The number of aromatic nitrogens is 3. The van der Waals surface area contributed by atoms with Crippen molar-refractivity contribution in [3.05, 3.63) is 35.3 Å². The molecule has 26 heavy (non-hydrogen) atoms. The van der Waals surface area contributed by atoms with E-state index in [0.717, 1.165) is 11.4 Å². The Kier molecular flexibility index (Phi) is 4.67. The van der Waals surface area contributed by atoms with Gasteiger partial charge < -0.3 is 20.5 Å². The van der Waals surface area contributed by atoms with Gasteiger partial charge in [0.1, 0.15) is 11.6 Å². The van der Waals surface area contributed by atoms with Crippen LogP contribution in [0.15, 0.2) is 18.2 Å². The normalized spacial score (nSPS) is 16.3. The highest BCUT2D eigenvalue weighted by Gasteiger charge is 2.44. The van der Waals surface area contributed by atoms with Gasteiger partial charge in [-0.1, -0.05) is 0 Å². The number of nitrogens with two attached hydrogens (primary N) is 1. The average molecular weight is 357 g/mol. The maximum absolute atomic E-state index is 12.0. The zero-order valence-electron chi connectivity index (χ0n) is 15.2. The molecule has 2 aromatic heterocycles. The first-order valence-corrected chi connectivity index (χ1v) is 8.52. The molecular weight excluding hydrogens is 334 g/mol. The molecule has 0 aliphatic carbocycles. The van der Waals surface area contributed by atoms with E-state index >= 15 is 0 Å².